The van der Waals surface area contributed by atoms with E-state index in [1.165, 1.54) is 18.2 Å². The molecule has 0 fully saturated rings. The Labute approximate surface area is 164 Å². The highest BCUT2D eigenvalue weighted by Gasteiger charge is 2.25. The molecule has 152 valence electrons. The largest absolute Gasteiger partial charge is 0.329 e. The Morgan fingerprint density at radius 1 is 1.07 bits per heavy atom. The summed E-state index contributed by atoms with van der Waals surface area (Å²) in [4.78, 5) is 24.2. The van der Waals surface area contributed by atoms with Crippen LogP contribution in [0.4, 0.5) is 20.7 Å². The van der Waals surface area contributed by atoms with E-state index in [1.54, 1.807) is 10.7 Å². The van der Waals surface area contributed by atoms with Crippen LogP contribution in [0.5, 0.6) is 0 Å². The van der Waals surface area contributed by atoms with Gasteiger partial charge < -0.3 is 10.6 Å². The van der Waals surface area contributed by atoms with Gasteiger partial charge in [0.1, 0.15) is 11.6 Å². The van der Waals surface area contributed by atoms with E-state index in [0.29, 0.717) is 11.5 Å². The quantitative estimate of drug-likeness (QED) is 0.742. The number of nitrogens with zero attached hydrogens (tertiary/aromatic N) is 2. The highest BCUT2D eigenvalue weighted by Crippen LogP contribution is 2.28. The van der Waals surface area contributed by atoms with Gasteiger partial charge in [0.25, 0.3) is 0 Å². The minimum absolute atomic E-state index is 0.172. The first-order valence-electron chi connectivity index (χ1n) is 9.07. The van der Waals surface area contributed by atoms with Gasteiger partial charge in [-0.2, -0.15) is 5.10 Å². The lowest BCUT2D eigenvalue weighted by molar-refractivity contribution is -0.115. The summed E-state index contributed by atoms with van der Waals surface area (Å²) in [6, 6.07) is 6.85. The van der Waals surface area contributed by atoms with Crippen LogP contribution in [0.3, 0.4) is 0 Å². The molecule has 0 bridgehead atoms. The monoisotopic (exact) mass is 389 g/mol. The molecule has 0 saturated heterocycles. The molecular weight excluding hydrogens is 361 g/mol. The standard InChI is InChI=1S/C20H28FN5O2/c1-19(2,3)15-11-16(26(25-15)20(4,5)6)24-18(28)22-12-17(27)23-14-9-7-8-13(21)10-14/h7-11H,12H2,1-6H3,(H,23,27)(H2,22,24,28). The van der Waals surface area contributed by atoms with Gasteiger partial charge in [-0.15, -0.1) is 0 Å². The molecule has 7 nitrogen and oxygen atoms in total. The molecule has 0 aliphatic heterocycles. The molecule has 0 spiro atoms. The van der Waals surface area contributed by atoms with Crippen molar-refractivity contribution < 1.29 is 14.0 Å². The molecule has 1 aromatic carbocycles. The van der Waals surface area contributed by atoms with Crippen LogP contribution in [0.25, 0.3) is 0 Å². The van der Waals surface area contributed by atoms with E-state index < -0.39 is 17.8 Å². The number of benzene rings is 1. The van der Waals surface area contributed by atoms with Crippen LogP contribution in [0.1, 0.15) is 47.2 Å². The van der Waals surface area contributed by atoms with Crippen molar-refractivity contribution in [2.75, 3.05) is 17.2 Å². The van der Waals surface area contributed by atoms with Crippen LogP contribution in [0, 0.1) is 5.82 Å². The van der Waals surface area contributed by atoms with Crippen LogP contribution in [-0.2, 0) is 15.7 Å². The van der Waals surface area contributed by atoms with E-state index in [2.05, 4.69) is 21.0 Å². The summed E-state index contributed by atoms with van der Waals surface area (Å²) in [5.41, 5.74) is 0.671. The normalized spacial score (nSPS) is 11.8. The third-order valence-corrected chi connectivity index (χ3v) is 3.87. The summed E-state index contributed by atoms with van der Waals surface area (Å²) >= 11 is 0. The molecular formula is C20H28FN5O2. The van der Waals surface area contributed by atoms with Crippen molar-refractivity contribution >= 4 is 23.4 Å². The smallest absolute Gasteiger partial charge is 0.320 e. The number of nitrogens with one attached hydrogen (secondary N) is 3. The second-order valence-corrected chi connectivity index (χ2v) is 8.61. The molecule has 0 unspecified atom stereocenters. The number of urea groups is 1. The lowest BCUT2D eigenvalue weighted by atomic mass is 9.92. The summed E-state index contributed by atoms with van der Waals surface area (Å²) in [7, 11) is 0. The van der Waals surface area contributed by atoms with Crippen LogP contribution in [-0.4, -0.2) is 28.3 Å². The lowest BCUT2D eigenvalue weighted by Crippen LogP contribution is -2.37. The van der Waals surface area contributed by atoms with Crippen LogP contribution < -0.4 is 16.0 Å². The highest BCUT2D eigenvalue weighted by atomic mass is 19.1. The zero-order valence-electron chi connectivity index (χ0n) is 17.2. The van der Waals surface area contributed by atoms with Gasteiger partial charge in [-0.05, 0) is 39.0 Å². The molecule has 1 aromatic heterocycles. The Bertz CT molecular complexity index is 862. The number of carbonyl (C=O) groups is 2. The average molecular weight is 389 g/mol. The molecule has 2 rings (SSSR count). The summed E-state index contributed by atoms with van der Waals surface area (Å²) in [6.07, 6.45) is 0. The fourth-order valence-electron chi connectivity index (χ4n) is 2.44. The summed E-state index contributed by atoms with van der Waals surface area (Å²) < 4.78 is 14.9. The molecule has 2 aromatic rings. The van der Waals surface area contributed by atoms with E-state index in [4.69, 9.17) is 0 Å². The molecule has 0 aliphatic rings. The number of rotatable bonds is 4. The fraction of sp³-hybridized carbons (Fsp3) is 0.450. The van der Waals surface area contributed by atoms with Crippen molar-refractivity contribution in [3.63, 3.8) is 0 Å². The summed E-state index contributed by atoms with van der Waals surface area (Å²) in [5.74, 6) is -0.366. The number of anilines is 2. The van der Waals surface area contributed by atoms with Crippen molar-refractivity contribution in [3.05, 3.63) is 41.8 Å². The van der Waals surface area contributed by atoms with E-state index in [-0.39, 0.29) is 17.5 Å². The van der Waals surface area contributed by atoms with E-state index in [9.17, 15) is 14.0 Å². The molecule has 0 radical (unpaired) electrons. The Kier molecular flexibility index (Phi) is 6.11. The van der Waals surface area contributed by atoms with Crippen LogP contribution >= 0.6 is 0 Å². The minimum Gasteiger partial charge on any atom is -0.329 e. The molecule has 28 heavy (non-hydrogen) atoms. The SMILES string of the molecule is CC(C)(C)c1cc(NC(=O)NCC(=O)Nc2cccc(F)c2)n(C(C)(C)C)n1. The maximum absolute atomic E-state index is 13.2. The van der Waals surface area contributed by atoms with Gasteiger partial charge in [0.2, 0.25) is 5.91 Å². The third kappa shape index (κ3) is 5.80. The van der Waals surface area contributed by atoms with Gasteiger partial charge in [0, 0.05) is 17.2 Å². The zero-order chi connectivity index (χ0) is 21.1. The van der Waals surface area contributed by atoms with Gasteiger partial charge in [-0.1, -0.05) is 26.8 Å². The van der Waals surface area contributed by atoms with Crippen molar-refractivity contribution in [2.45, 2.75) is 52.5 Å². The first-order chi connectivity index (χ1) is 12.9. The Morgan fingerprint density at radius 2 is 1.75 bits per heavy atom. The lowest BCUT2D eigenvalue weighted by Gasteiger charge is -2.23. The van der Waals surface area contributed by atoms with Crippen molar-refractivity contribution in [3.8, 4) is 0 Å². The molecule has 3 amide bonds. The first-order valence-corrected chi connectivity index (χ1v) is 9.07. The topological polar surface area (TPSA) is 88.0 Å². The first kappa shape index (κ1) is 21.4. The van der Waals surface area contributed by atoms with E-state index >= 15 is 0 Å². The highest BCUT2D eigenvalue weighted by molar-refractivity contribution is 5.96. The number of halogens is 1. The third-order valence-electron chi connectivity index (χ3n) is 3.87. The maximum Gasteiger partial charge on any atom is 0.320 e. The molecule has 0 atom stereocenters. The van der Waals surface area contributed by atoms with Gasteiger partial charge in [0.15, 0.2) is 0 Å². The van der Waals surface area contributed by atoms with Gasteiger partial charge in [-0.3, -0.25) is 10.1 Å². The number of aromatic nitrogens is 2. The molecule has 1 heterocycles. The number of hydrogen-bond donors (Lipinski definition) is 3. The predicted octanol–water partition coefficient (Wildman–Crippen LogP) is 3.83. The predicted molar refractivity (Wildman–Crippen MR) is 108 cm³/mol. The molecule has 3 N–H and O–H groups in total. The van der Waals surface area contributed by atoms with Gasteiger partial charge >= 0.3 is 6.03 Å². The summed E-state index contributed by atoms with van der Waals surface area (Å²) in [6.45, 7) is 11.8. The minimum atomic E-state index is -0.528. The Balaban J connectivity index is 2.00. The molecule has 8 heteroatoms. The van der Waals surface area contributed by atoms with E-state index in [0.717, 1.165) is 5.69 Å². The number of hydrogen-bond acceptors (Lipinski definition) is 3. The van der Waals surface area contributed by atoms with Gasteiger partial charge in [-0.25, -0.2) is 13.9 Å². The van der Waals surface area contributed by atoms with Crippen LogP contribution in [0.2, 0.25) is 0 Å². The average Bonchev–Trinajstić information content (AvgIpc) is 2.97. The molecule has 0 saturated carbocycles. The van der Waals surface area contributed by atoms with Crippen molar-refractivity contribution in [1.82, 2.24) is 15.1 Å². The van der Waals surface area contributed by atoms with Crippen molar-refractivity contribution in [1.29, 1.82) is 0 Å². The second kappa shape index (κ2) is 8.00. The molecule has 0 aliphatic carbocycles. The summed E-state index contributed by atoms with van der Waals surface area (Å²) in [5, 5.41) is 12.4. The zero-order valence-corrected chi connectivity index (χ0v) is 17.2. The number of amides is 3. The van der Waals surface area contributed by atoms with Crippen LogP contribution in [0.15, 0.2) is 30.3 Å². The van der Waals surface area contributed by atoms with Crippen molar-refractivity contribution in [2.24, 2.45) is 0 Å². The maximum atomic E-state index is 13.2. The Hall–Kier alpha value is -2.90. The van der Waals surface area contributed by atoms with E-state index in [1.807, 2.05) is 47.6 Å². The number of carbonyl (C=O) groups excluding carboxylic acids is 2. The Morgan fingerprint density at radius 3 is 2.32 bits per heavy atom. The second-order valence-electron chi connectivity index (χ2n) is 8.61. The van der Waals surface area contributed by atoms with Gasteiger partial charge in [0.05, 0.1) is 17.8 Å². The fourth-order valence-corrected chi connectivity index (χ4v) is 2.44.